The van der Waals surface area contributed by atoms with Crippen LogP contribution in [0.3, 0.4) is 0 Å². The summed E-state index contributed by atoms with van der Waals surface area (Å²) in [6.07, 6.45) is 4.15. The molecule has 2 rings (SSSR count). The van der Waals surface area contributed by atoms with Crippen LogP contribution in [0.25, 0.3) is 0 Å². The monoisotopic (exact) mass is 374 g/mol. The van der Waals surface area contributed by atoms with Crippen LogP contribution >= 0.6 is 0 Å². The van der Waals surface area contributed by atoms with Gasteiger partial charge in [-0.1, -0.05) is 26.7 Å². The van der Waals surface area contributed by atoms with Gasteiger partial charge in [0, 0.05) is 19.5 Å². The van der Waals surface area contributed by atoms with E-state index in [0.29, 0.717) is 25.2 Å². The molecule has 0 fully saturated rings. The quantitative estimate of drug-likeness (QED) is 0.616. The molecule has 0 saturated heterocycles. The number of unbranched alkanes of at least 4 members (excludes halogenated alkanes) is 2. The molecule has 1 aromatic rings. The summed E-state index contributed by atoms with van der Waals surface area (Å²) in [5.74, 6) is 0.411. The second-order valence-electron chi connectivity index (χ2n) is 6.56. The second kappa shape index (κ2) is 10.5. The first kappa shape index (κ1) is 20.7. The zero-order chi connectivity index (χ0) is 19.6. The van der Waals surface area contributed by atoms with Gasteiger partial charge in [-0.2, -0.15) is 5.10 Å². The zero-order valence-corrected chi connectivity index (χ0v) is 16.5. The number of nitrogens with zero attached hydrogens (tertiary/aromatic N) is 2. The number of hydrogen-bond donors (Lipinski definition) is 2. The molecule has 7 nitrogen and oxygen atoms in total. The Kier molecular flexibility index (Phi) is 8.10. The average molecular weight is 374 g/mol. The normalized spacial score (nSPS) is 16.0. The van der Waals surface area contributed by atoms with E-state index in [9.17, 15) is 9.59 Å². The Morgan fingerprint density at radius 3 is 2.33 bits per heavy atom. The number of hydrazone groups is 1. The highest BCUT2D eigenvalue weighted by atomic mass is 16.5. The number of carbonyl (C=O) groups is 2. The number of hydrogen-bond acceptors (Lipinski definition) is 5. The fourth-order valence-corrected chi connectivity index (χ4v) is 2.81. The molecule has 0 aromatic heterocycles. The standard InChI is InChI=1S/C20H30N4O3/c1-4-6-12-21-19(25)17-14-18(20(26)22-13-7-5-2)24(23-17)15-8-10-16(27-3)11-9-15/h8-11,18H,4-7,12-14H2,1-3H3,(H,21,25)(H,22,26). The Morgan fingerprint density at radius 2 is 1.74 bits per heavy atom. The van der Waals surface area contributed by atoms with Gasteiger partial charge < -0.3 is 15.4 Å². The summed E-state index contributed by atoms with van der Waals surface area (Å²) in [7, 11) is 1.60. The first-order valence-corrected chi connectivity index (χ1v) is 9.67. The summed E-state index contributed by atoms with van der Waals surface area (Å²) in [5.41, 5.74) is 1.14. The molecule has 0 spiro atoms. The van der Waals surface area contributed by atoms with Crippen molar-refractivity contribution < 1.29 is 14.3 Å². The van der Waals surface area contributed by atoms with E-state index in [1.807, 2.05) is 24.3 Å². The van der Waals surface area contributed by atoms with E-state index in [1.54, 1.807) is 12.1 Å². The largest absolute Gasteiger partial charge is 0.497 e. The molecule has 148 valence electrons. The highest BCUT2D eigenvalue weighted by Crippen LogP contribution is 2.27. The smallest absolute Gasteiger partial charge is 0.267 e. The van der Waals surface area contributed by atoms with Gasteiger partial charge in [-0.3, -0.25) is 14.6 Å². The van der Waals surface area contributed by atoms with Crippen LogP contribution in [0.5, 0.6) is 5.75 Å². The van der Waals surface area contributed by atoms with Crippen molar-refractivity contribution in [1.29, 1.82) is 0 Å². The molecule has 1 aliphatic heterocycles. The Balaban J connectivity index is 2.15. The van der Waals surface area contributed by atoms with Crippen LogP contribution in [0.2, 0.25) is 0 Å². The van der Waals surface area contributed by atoms with Crippen molar-refractivity contribution in [2.24, 2.45) is 5.10 Å². The first-order chi connectivity index (χ1) is 13.1. The molecule has 2 N–H and O–H groups in total. The van der Waals surface area contributed by atoms with Crippen molar-refractivity contribution in [3.63, 3.8) is 0 Å². The molecule has 1 aliphatic rings. The van der Waals surface area contributed by atoms with E-state index in [1.165, 1.54) is 0 Å². The minimum Gasteiger partial charge on any atom is -0.497 e. The zero-order valence-electron chi connectivity index (χ0n) is 16.5. The summed E-state index contributed by atoms with van der Waals surface area (Å²) in [6, 6.07) is 6.79. The van der Waals surface area contributed by atoms with E-state index in [4.69, 9.17) is 4.74 Å². The lowest BCUT2D eigenvalue weighted by atomic mass is 10.1. The number of carbonyl (C=O) groups excluding carboxylic acids is 2. The third kappa shape index (κ3) is 5.70. The van der Waals surface area contributed by atoms with E-state index in [2.05, 4.69) is 29.6 Å². The summed E-state index contributed by atoms with van der Waals surface area (Å²) >= 11 is 0. The maximum absolute atomic E-state index is 12.7. The number of methoxy groups -OCH3 is 1. The van der Waals surface area contributed by atoms with Crippen molar-refractivity contribution in [1.82, 2.24) is 10.6 Å². The fraction of sp³-hybridized carbons (Fsp3) is 0.550. The lowest BCUT2D eigenvalue weighted by Gasteiger charge is -2.23. The summed E-state index contributed by atoms with van der Waals surface area (Å²) < 4.78 is 5.19. The van der Waals surface area contributed by atoms with Crippen LogP contribution in [-0.2, 0) is 9.59 Å². The van der Waals surface area contributed by atoms with Crippen LogP contribution in [-0.4, -0.2) is 43.8 Å². The van der Waals surface area contributed by atoms with Crippen molar-refractivity contribution in [2.75, 3.05) is 25.2 Å². The minimum absolute atomic E-state index is 0.112. The molecule has 0 aliphatic carbocycles. The van der Waals surface area contributed by atoms with Gasteiger partial charge in [0.2, 0.25) is 5.91 Å². The highest BCUT2D eigenvalue weighted by molar-refractivity contribution is 6.40. The molecule has 0 bridgehead atoms. The molecule has 1 heterocycles. The SMILES string of the molecule is CCCCNC(=O)C1=NN(c2ccc(OC)cc2)C(C(=O)NCCCC)C1. The average Bonchev–Trinajstić information content (AvgIpc) is 3.14. The molecule has 1 unspecified atom stereocenters. The molecule has 0 saturated carbocycles. The molecule has 27 heavy (non-hydrogen) atoms. The molecule has 7 heteroatoms. The number of benzene rings is 1. The maximum Gasteiger partial charge on any atom is 0.267 e. The predicted molar refractivity (Wildman–Crippen MR) is 107 cm³/mol. The van der Waals surface area contributed by atoms with Gasteiger partial charge in [0.15, 0.2) is 0 Å². The number of anilines is 1. The van der Waals surface area contributed by atoms with Gasteiger partial charge in [0.1, 0.15) is 17.5 Å². The number of ether oxygens (including phenoxy) is 1. The molecule has 2 amide bonds. The van der Waals surface area contributed by atoms with Crippen molar-refractivity contribution in [2.45, 2.75) is 52.0 Å². The van der Waals surface area contributed by atoms with Gasteiger partial charge in [-0.25, -0.2) is 0 Å². The third-order valence-electron chi connectivity index (χ3n) is 4.46. The van der Waals surface area contributed by atoms with E-state index in [0.717, 1.165) is 37.1 Å². The highest BCUT2D eigenvalue weighted by Gasteiger charge is 2.36. The van der Waals surface area contributed by atoms with Crippen molar-refractivity contribution in [3.8, 4) is 5.75 Å². The van der Waals surface area contributed by atoms with E-state index < -0.39 is 6.04 Å². The van der Waals surface area contributed by atoms with Gasteiger partial charge in [0.25, 0.3) is 5.91 Å². The Morgan fingerprint density at radius 1 is 1.11 bits per heavy atom. The van der Waals surface area contributed by atoms with Crippen LogP contribution in [0.1, 0.15) is 46.0 Å². The van der Waals surface area contributed by atoms with Gasteiger partial charge in [-0.15, -0.1) is 0 Å². The summed E-state index contributed by atoms with van der Waals surface area (Å²) in [4.78, 5) is 25.1. The minimum atomic E-state index is -0.526. The first-order valence-electron chi connectivity index (χ1n) is 9.67. The summed E-state index contributed by atoms with van der Waals surface area (Å²) in [6.45, 7) is 5.39. The van der Waals surface area contributed by atoms with Crippen LogP contribution in [0.15, 0.2) is 29.4 Å². The molecular weight excluding hydrogens is 344 g/mol. The second-order valence-corrected chi connectivity index (χ2v) is 6.56. The van der Waals surface area contributed by atoms with Crippen molar-refractivity contribution >= 4 is 23.2 Å². The van der Waals surface area contributed by atoms with Crippen LogP contribution in [0.4, 0.5) is 5.69 Å². The molecule has 0 radical (unpaired) electrons. The van der Waals surface area contributed by atoms with Crippen LogP contribution < -0.4 is 20.4 Å². The maximum atomic E-state index is 12.7. The summed E-state index contributed by atoms with van der Waals surface area (Å²) in [5, 5.41) is 11.9. The van der Waals surface area contributed by atoms with E-state index in [-0.39, 0.29) is 11.8 Å². The van der Waals surface area contributed by atoms with Crippen molar-refractivity contribution in [3.05, 3.63) is 24.3 Å². The molecule has 1 atom stereocenters. The Labute approximate surface area is 161 Å². The number of nitrogens with one attached hydrogen (secondary N) is 2. The number of rotatable bonds is 10. The number of amides is 2. The third-order valence-corrected chi connectivity index (χ3v) is 4.46. The lowest BCUT2D eigenvalue weighted by Crippen LogP contribution is -2.43. The molecular formula is C20H30N4O3. The van der Waals surface area contributed by atoms with Gasteiger partial charge >= 0.3 is 0 Å². The Bertz CT molecular complexity index is 658. The van der Waals surface area contributed by atoms with Crippen LogP contribution in [0, 0.1) is 0 Å². The predicted octanol–water partition coefficient (Wildman–Crippen LogP) is 2.46. The topological polar surface area (TPSA) is 83.0 Å². The van der Waals surface area contributed by atoms with Gasteiger partial charge in [0.05, 0.1) is 12.8 Å². The fourth-order valence-electron chi connectivity index (χ4n) is 2.81. The molecule has 1 aromatic carbocycles. The lowest BCUT2D eigenvalue weighted by molar-refractivity contribution is -0.122. The van der Waals surface area contributed by atoms with E-state index >= 15 is 0 Å². The Hall–Kier alpha value is -2.57. The van der Waals surface area contributed by atoms with Gasteiger partial charge in [-0.05, 0) is 37.1 Å².